The summed E-state index contributed by atoms with van der Waals surface area (Å²) in [6.07, 6.45) is 4.98. The Balaban J connectivity index is 1.53. The molecule has 3 atom stereocenters. The van der Waals surface area contributed by atoms with Gasteiger partial charge in [0.05, 0.1) is 23.9 Å². The van der Waals surface area contributed by atoms with Gasteiger partial charge in [-0.15, -0.1) is 0 Å². The molecule has 1 aliphatic rings. The van der Waals surface area contributed by atoms with Crippen molar-refractivity contribution < 1.29 is 14.2 Å². The van der Waals surface area contributed by atoms with Gasteiger partial charge in [-0.25, -0.2) is 9.37 Å². The number of hydrogen-bond acceptors (Lipinski definition) is 6. The molecule has 3 heterocycles. The minimum Gasteiger partial charge on any atom is -0.482 e. The second-order valence-electron chi connectivity index (χ2n) is 7.57. The van der Waals surface area contributed by atoms with Crippen LogP contribution in [-0.4, -0.2) is 38.6 Å². The molecule has 4 rings (SSSR count). The van der Waals surface area contributed by atoms with E-state index in [4.69, 9.17) is 33.7 Å². The van der Waals surface area contributed by atoms with Crippen LogP contribution in [0.1, 0.15) is 25.0 Å². The van der Waals surface area contributed by atoms with Gasteiger partial charge in [-0.2, -0.15) is 5.10 Å². The van der Waals surface area contributed by atoms with E-state index in [0.29, 0.717) is 35.8 Å². The number of anilines is 1. The number of aliphatic hydroxyl groups excluding tert-OH is 1. The Morgan fingerprint density at radius 3 is 2.90 bits per heavy atom. The van der Waals surface area contributed by atoms with Crippen LogP contribution < -0.4 is 15.8 Å². The summed E-state index contributed by atoms with van der Waals surface area (Å²) in [5.41, 5.74) is 7.94. The van der Waals surface area contributed by atoms with Crippen molar-refractivity contribution in [2.75, 3.05) is 12.3 Å². The van der Waals surface area contributed by atoms with Crippen molar-refractivity contribution >= 4 is 29.0 Å². The molecule has 10 heteroatoms. The van der Waals surface area contributed by atoms with Gasteiger partial charge in [0.25, 0.3) is 0 Å². The molecule has 0 saturated carbocycles. The van der Waals surface area contributed by atoms with Gasteiger partial charge in [-0.1, -0.05) is 23.2 Å². The zero-order chi connectivity index (χ0) is 22.1. The fourth-order valence-electron chi connectivity index (χ4n) is 3.65. The van der Waals surface area contributed by atoms with Crippen LogP contribution in [0.2, 0.25) is 10.0 Å². The predicted octanol–water partition coefficient (Wildman–Crippen LogP) is 3.84. The van der Waals surface area contributed by atoms with E-state index in [-0.39, 0.29) is 23.0 Å². The molecule has 164 valence electrons. The summed E-state index contributed by atoms with van der Waals surface area (Å²) in [6.45, 7) is 2.95. The Morgan fingerprint density at radius 1 is 1.35 bits per heavy atom. The zero-order valence-electron chi connectivity index (χ0n) is 16.7. The highest BCUT2D eigenvalue weighted by Crippen LogP contribution is 2.36. The van der Waals surface area contributed by atoms with Crippen molar-refractivity contribution in [1.82, 2.24) is 20.1 Å². The van der Waals surface area contributed by atoms with E-state index in [9.17, 15) is 9.50 Å². The van der Waals surface area contributed by atoms with Gasteiger partial charge in [0.15, 0.2) is 11.6 Å². The summed E-state index contributed by atoms with van der Waals surface area (Å²) < 4.78 is 21.6. The Hall–Kier alpha value is -2.39. The number of rotatable bonds is 6. The predicted molar refractivity (Wildman–Crippen MR) is 118 cm³/mol. The standard InChI is InChI=1S/C21H22Cl2FN5O2/c1-11(19-16(22)2-3-17(24)20(19)23)31-18-4-12(6-27-21(18)25)13-7-28-29(9-13)10-14-5-15(30)8-26-14/h2-4,6-7,9,11,14-15,26,30H,5,8,10H2,1H3,(H2,25,27)/t11-,14+,15?/m1/s1. The van der Waals surface area contributed by atoms with Gasteiger partial charge in [0, 0.05) is 46.7 Å². The van der Waals surface area contributed by atoms with E-state index in [1.165, 1.54) is 12.1 Å². The second kappa shape index (κ2) is 9.00. The molecule has 1 fully saturated rings. The first kappa shape index (κ1) is 21.8. The van der Waals surface area contributed by atoms with Crippen LogP contribution in [0.15, 0.2) is 36.8 Å². The lowest BCUT2D eigenvalue weighted by Gasteiger charge is -2.19. The lowest BCUT2D eigenvalue weighted by atomic mass is 10.1. The van der Waals surface area contributed by atoms with Crippen molar-refractivity contribution in [3.8, 4) is 16.9 Å². The molecule has 1 aliphatic heterocycles. The largest absolute Gasteiger partial charge is 0.482 e. The molecular weight excluding hydrogens is 444 g/mol. The van der Waals surface area contributed by atoms with E-state index in [0.717, 1.165) is 11.1 Å². The molecule has 0 spiro atoms. The van der Waals surface area contributed by atoms with E-state index in [1.54, 1.807) is 25.4 Å². The number of pyridine rings is 1. The maximum absolute atomic E-state index is 13.9. The van der Waals surface area contributed by atoms with E-state index < -0.39 is 11.9 Å². The zero-order valence-corrected chi connectivity index (χ0v) is 18.2. The van der Waals surface area contributed by atoms with E-state index in [1.807, 2.05) is 10.9 Å². The molecule has 31 heavy (non-hydrogen) atoms. The van der Waals surface area contributed by atoms with Crippen LogP contribution in [0.5, 0.6) is 5.75 Å². The molecule has 1 aromatic carbocycles. The number of nitrogen functional groups attached to an aromatic ring is 1. The molecule has 0 amide bonds. The quantitative estimate of drug-likeness (QED) is 0.478. The van der Waals surface area contributed by atoms with Gasteiger partial charge < -0.3 is 20.9 Å². The van der Waals surface area contributed by atoms with Gasteiger partial charge in [0.2, 0.25) is 0 Å². The van der Waals surface area contributed by atoms with Gasteiger partial charge in [-0.3, -0.25) is 4.68 Å². The first-order chi connectivity index (χ1) is 14.8. The van der Waals surface area contributed by atoms with Crippen molar-refractivity contribution in [3.63, 3.8) is 0 Å². The van der Waals surface area contributed by atoms with Gasteiger partial charge in [0.1, 0.15) is 11.9 Å². The Bertz CT molecular complexity index is 1090. The minimum atomic E-state index is -0.655. The molecule has 3 aromatic rings. The average Bonchev–Trinajstić information content (AvgIpc) is 3.36. The number of nitrogens with zero attached hydrogens (tertiary/aromatic N) is 3. The first-order valence-corrected chi connectivity index (χ1v) is 10.6. The normalized spacial score (nSPS) is 19.5. The molecule has 0 radical (unpaired) electrons. The number of β-amino-alcohol motifs (C(OH)–C–C–N with tert-alkyl or cyclic N) is 1. The third-order valence-electron chi connectivity index (χ3n) is 5.24. The highest BCUT2D eigenvalue weighted by molar-refractivity contribution is 6.36. The highest BCUT2D eigenvalue weighted by Gasteiger charge is 2.23. The maximum atomic E-state index is 13.9. The second-order valence-corrected chi connectivity index (χ2v) is 8.36. The average molecular weight is 466 g/mol. The molecular formula is C21H22Cl2FN5O2. The third-order valence-corrected chi connectivity index (χ3v) is 5.96. The van der Waals surface area contributed by atoms with E-state index >= 15 is 0 Å². The number of halogens is 3. The molecule has 4 N–H and O–H groups in total. The number of nitrogens with two attached hydrogens (primary N) is 1. The summed E-state index contributed by atoms with van der Waals surface area (Å²) in [5, 5.41) is 17.5. The van der Waals surface area contributed by atoms with Crippen molar-refractivity contribution in [2.45, 2.75) is 38.1 Å². The van der Waals surface area contributed by atoms with Gasteiger partial charge in [-0.05, 0) is 31.5 Å². The van der Waals surface area contributed by atoms with Crippen LogP contribution >= 0.6 is 23.2 Å². The topological polar surface area (TPSA) is 98.2 Å². The fraction of sp³-hybridized carbons (Fsp3) is 0.333. The summed E-state index contributed by atoms with van der Waals surface area (Å²) >= 11 is 12.3. The Labute approximate surface area is 188 Å². The monoisotopic (exact) mass is 465 g/mol. The van der Waals surface area contributed by atoms with Crippen molar-refractivity contribution in [2.24, 2.45) is 0 Å². The number of nitrogens with one attached hydrogen (secondary N) is 1. The summed E-state index contributed by atoms with van der Waals surface area (Å²) in [4.78, 5) is 4.22. The van der Waals surface area contributed by atoms with Crippen LogP contribution in [0.3, 0.4) is 0 Å². The van der Waals surface area contributed by atoms with Crippen molar-refractivity contribution in [3.05, 3.63) is 58.2 Å². The molecule has 1 saturated heterocycles. The maximum Gasteiger partial charge on any atom is 0.166 e. The smallest absolute Gasteiger partial charge is 0.166 e. The third kappa shape index (κ3) is 4.77. The lowest BCUT2D eigenvalue weighted by molar-refractivity contribution is 0.192. The minimum absolute atomic E-state index is 0.0883. The number of hydrogen-bond donors (Lipinski definition) is 3. The highest BCUT2D eigenvalue weighted by atomic mass is 35.5. The molecule has 0 aliphatic carbocycles. The van der Waals surface area contributed by atoms with Crippen molar-refractivity contribution in [1.29, 1.82) is 0 Å². The van der Waals surface area contributed by atoms with Crippen LogP contribution in [0.25, 0.3) is 11.1 Å². The molecule has 0 bridgehead atoms. The summed E-state index contributed by atoms with van der Waals surface area (Å²) in [6, 6.07) is 4.56. The first-order valence-electron chi connectivity index (χ1n) is 9.81. The van der Waals surface area contributed by atoms with Crippen LogP contribution in [0, 0.1) is 5.82 Å². The Kier molecular flexibility index (Phi) is 6.34. The molecule has 7 nitrogen and oxygen atoms in total. The summed E-state index contributed by atoms with van der Waals surface area (Å²) in [5.74, 6) is -0.0569. The van der Waals surface area contributed by atoms with E-state index in [2.05, 4.69) is 15.4 Å². The Morgan fingerprint density at radius 2 is 2.16 bits per heavy atom. The molecule has 1 unspecified atom stereocenters. The fourth-order valence-corrected chi connectivity index (χ4v) is 4.33. The van der Waals surface area contributed by atoms with Crippen LogP contribution in [-0.2, 0) is 6.54 Å². The number of aromatic nitrogens is 3. The number of aliphatic hydroxyl groups is 1. The SMILES string of the molecule is C[C@@H](Oc1cc(-c2cnn(C[C@@H]3CC(O)CN3)c2)cnc1N)c1c(Cl)ccc(F)c1Cl. The van der Waals surface area contributed by atoms with Crippen LogP contribution in [0.4, 0.5) is 10.2 Å². The summed E-state index contributed by atoms with van der Waals surface area (Å²) in [7, 11) is 0. The molecule has 2 aromatic heterocycles. The van der Waals surface area contributed by atoms with Gasteiger partial charge >= 0.3 is 0 Å². The number of benzene rings is 1. The number of ether oxygens (including phenoxy) is 1. The lowest BCUT2D eigenvalue weighted by Crippen LogP contribution is -2.26.